The highest BCUT2D eigenvalue weighted by molar-refractivity contribution is 5.91. The van der Waals surface area contributed by atoms with E-state index in [-0.39, 0.29) is 12.5 Å². The normalized spacial score (nSPS) is 23.2. The van der Waals surface area contributed by atoms with Crippen LogP contribution in [0, 0.1) is 5.92 Å². The second-order valence-electron chi connectivity index (χ2n) is 2.43. The quantitative estimate of drug-likeness (QED) is 0.477. The molecule has 0 radical (unpaired) electrons. The summed E-state index contributed by atoms with van der Waals surface area (Å²) in [6.07, 6.45) is 2.38. The molecule has 1 N–H and O–H groups in total. The van der Waals surface area contributed by atoms with Gasteiger partial charge in [-0.15, -0.1) is 0 Å². The van der Waals surface area contributed by atoms with Gasteiger partial charge in [-0.25, -0.2) is 9.59 Å². The lowest BCUT2D eigenvalue weighted by molar-refractivity contribution is -0.135. The fourth-order valence-electron chi connectivity index (χ4n) is 0.880. The zero-order valence-electron chi connectivity index (χ0n) is 6.32. The van der Waals surface area contributed by atoms with Crippen LogP contribution in [0.5, 0.6) is 0 Å². The summed E-state index contributed by atoms with van der Waals surface area (Å²) >= 11 is 0. The van der Waals surface area contributed by atoms with Crippen molar-refractivity contribution in [3.05, 3.63) is 24.3 Å². The molecule has 0 aromatic carbocycles. The molecule has 0 spiro atoms. The molecule has 0 aromatic heterocycles. The van der Waals surface area contributed by atoms with Gasteiger partial charge in [-0.3, -0.25) is 0 Å². The third-order valence-electron chi connectivity index (χ3n) is 1.57. The van der Waals surface area contributed by atoms with Gasteiger partial charge in [0.05, 0.1) is 0 Å². The first-order valence-corrected chi connectivity index (χ1v) is 3.38. The average molecular weight is 168 g/mol. The van der Waals surface area contributed by atoms with Crippen molar-refractivity contribution in [1.29, 1.82) is 0 Å². The molecule has 0 saturated carbocycles. The molecule has 0 bridgehead atoms. The average Bonchev–Trinajstić information content (AvgIpc) is 2.30. The molecule has 0 amide bonds. The summed E-state index contributed by atoms with van der Waals surface area (Å²) in [4.78, 5) is 20.8. The van der Waals surface area contributed by atoms with Gasteiger partial charge in [0.15, 0.2) is 0 Å². The molecule has 1 aliphatic rings. The maximum atomic E-state index is 10.7. The lowest BCUT2D eigenvalue weighted by Crippen LogP contribution is -1.99. The molecule has 1 aliphatic heterocycles. The van der Waals surface area contributed by atoms with Gasteiger partial charge in [-0.1, -0.05) is 12.7 Å². The van der Waals surface area contributed by atoms with Crippen LogP contribution >= 0.6 is 0 Å². The number of hydrogen-bond acceptors (Lipinski definition) is 3. The number of rotatable bonds is 2. The summed E-state index contributed by atoms with van der Waals surface area (Å²) in [7, 11) is 0. The van der Waals surface area contributed by atoms with Crippen molar-refractivity contribution in [3.63, 3.8) is 0 Å². The van der Waals surface area contributed by atoms with Crippen LogP contribution in [0.3, 0.4) is 0 Å². The minimum atomic E-state index is -1.04. The van der Waals surface area contributed by atoms with Gasteiger partial charge in [0.2, 0.25) is 0 Å². The van der Waals surface area contributed by atoms with E-state index in [0.717, 1.165) is 6.08 Å². The van der Waals surface area contributed by atoms with Crippen molar-refractivity contribution in [2.75, 3.05) is 6.61 Å². The molecule has 64 valence electrons. The predicted molar refractivity (Wildman–Crippen MR) is 40.4 cm³/mol. The standard InChI is InChI=1S/C8H8O4/c1-5-6(2-3-7(9)10)4-12-8(5)11/h2-3,6H,1,4H2,(H,9,10). The third kappa shape index (κ3) is 1.72. The van der Waals surface area contributed by atoms with Crippen LogP contribution in [0.15, 0.2) is 24.3 Å². The van der Waals surface area contributed by atoms with E-state index in [1.807, 2.05) is 0 Å². The van der Waals surface area contributed by atoms with E-state index in [2.05, 4.69) is 11.3 Å². The molecule has 1 rings (SSSR count). The van der Waals surface area contributed by atoms with E-state index in [1.54, 1.807) is 0 Å². The maximum Gasteiger partial charge on any atom is 0.334 e. The third-order valence-corrected chi connectivity index (χ3v) is 1.57. The van der Waals surface area contributed by atoms with Crippen LogP contribution < -0.4 is 0 Å². The van der Waals surface area contributed by atoms with Crippen LogP contribution in [0.2, 0.25) is 0 Å². The Hall–Kier alpha value is -1.58. The summed E-state index contributed by atoms with van der Waals surface area (Å²) in [5.74, 6) is -1.77. The fourth-order valence-corrected chi connectivity index (χ4v) is 0.880. The molecule has 1 fully saturated rings. The smallest absolute Gasteiger partial charge is 0.334 e. The van der Waals surface area contributed by atoms with E-state index < -0.39 is 11.9 Å². The Labute approximate surface area is 69.1 Å². The minimum Gasteiger partial charge on any atom is -0.478 e. The molecule has 1 heterocycles. The summed E-state index contributed by atoms with van der Waals surface area (Å²) in [6, 6.07) is 0. The highest BCUT2D eigenvalue weighted by atomic mass is 16.5. The largest absolute Gasteiger partial charge is 0.478 e. The van der Waals surface area contributed by atoms with Crippen LogP contribution in [-0.2, 0) is 14.3 Å². The Balaban J connectivity index is 2.61. The number of carboxylic acid groups (broad SMARTS) is 1. The van der Waals surface area contributed by atoms with Crippen LogP contribution in [0.25, 0.3) is 0 Å². The van der Waals surface area contributed by atoms with Gasteiger partial charge in [0, 0.05) is 17.6 Å². The number of aliphatic carboxylic acids is 1. The van der Waals surface area contributed by atoms with Crippen molar-refractivity contribution in [3.8, 4) is 0 Å². The van der Waals surface area contributed by atoms with Crippen LogP contribution in [0.1, 0.15) is 0 Å². The van der Waals surface area contributed by atoms with Crippen molar-refractivity contribution < 1.29 is 19.4 Å². The molecule has 1 saturated heterocycles. The molecule has 4 nitrogen and oxygen atoms in total. The van der Waals surface area contributed by atoms with E-state index in [0.29, 0.717) is 5.57 Å². The first-order chi connectivity index (χ1) is 5.61. The molecule has 1 atom stereocenters. The van der Waals surface area contributed by atoms with E-state index in [9.17, 15) is 9.59 Å². The highest BCUT2D eigenvalue weighted by Crippen LogP contribution is 2.20. The van der Waals surface area contributed by atoms with Crippen molar-refractivity contribution in [1.82, 2.24) is 0 Å². The Bertz CT molecular complexity index is 264. The topological polar surface area (TPSA) is 63.6 Å². The zero-order chi connectivity index (χ0) is 9.14. The monoisotopic (exact) mass is 168 g/mol. The first kappa shape index (κ1) is 8.52. The summed E-state index contributed by atoms with van der Waals surface area (Å²) in [5.41, 5.74) is 0.313. The first-order valence-electron chi connectivity index (χ1n) is 3.38. The Kier molecular flexibility index (Phi) is 2.28. The zero-order valence-corrected chi connectivity index (χ0v) is 6.32. The molecule has 1 unspecified atom stereocenters. The van der Waals surface area contributed by atoms with Crippen LogP contribution in [-0.4, -0.2) is 23.7 Å². The number of carbonyl (C=O) groups excluding carboxylic acids is 1. The second-order valence-corrected chi connectivity index (χ2v) is 2.43. The number of esters is 1. The number of carbonyl (C=O) groups is 2. The second kappa shape index (κ2) is 3.21. The van der Waals surface area contributed by atoms with Gasteiger partial charge >= 0.3 is 11.9 Å². The molecule has 0 aliphatic carbocycles. The van der Waals surface area contributed by atoms with E-state index in [4.69, 9.17) is 5.11 Å². The molecular weight excluding hydrogens is 160 g/mol. The van der Waals surface area contributed by atoms with Crippen molar-refractivity contribution in [2.24, 2.45) is 5.92 Å². The minimum absolute atomic E-state index is 0.196. The lowest BCUT2D eigenvalue weighted by Gasteiger charge is -1.95. The SMILES string of the molecule is C=C1C(=O)OCC1C=CC(=O)O. The molecule has 4 heteroatoms. The number of carboxylic acids is 1. The van der Waals surface area contributed by atoms with Gasteiger partial charge in [0.25, 0.3) is 0 Å². The highest BCUT2D eigenvalue weighted by Gasteiger charge is 2.26. The van der Waals surface area contributed by atoms with Gasteiger partial charge in [-0.05, 0) is 0 Å². The molecular formula is C8H8O4. The maximum absolute atomic E-state index is 10.7. The number of cyclic esters (lactones) is 1. The van der Waals surface area contributed by atoms with Gasteiger partial charge < -0.3 is 9.84 Å². The predicted octanol–water partition coefficient (Wildman–Crippen LogP) is 0.356. The van der Waals surface area contributed by atoms with E-state index >= 15 is 0 Å². The molecule has 12 heavy (non-hydrogen) atoms. The summed E-state index contributed by atoms with van der Waals surface area (Å²) in [5, 5.41) is 8.28. The lowest BCUT2D eigenvalue weighted by atomic mass is 10.0. The number of ether oxygens (including phenoxy) is 1. The molecule has 0 aromatic rings. The van der Waals surface area contributed by atoms with Crippen molar-refractivity contribution in [2.45, 2.75) is 0 Å². The summed E-state index contributed by atoms with van der Waals surface area (Å²) < 4.78 is 4.63. The van der Waals surface area contributed by atoms with Gasteiger partial charge in [-0.2, -0.15) is 0 Å². The Morgan fingerprint density at radius 3 is 2.83 bits per heavy atom. The number of hydrogen-bond donors (Lipinski definition) is 1. The van der Waals surface area contributed by atoms with Crippen LogP contribution in [0.4, 0.5) is 0 Å². The Morgan fingerprint density at radius 1 is 1.75 bits per heavy atom. The van der Waals surface area contributed by atoms with Crippen molar-refractivity contribution >= 4 is 11.9 Å². The summed E-state index contributed by atoms with van der Waals surface area (Å²) in [6.45, 7) is 3.67. The fraction of sp³-hybridized carbons (Fsp3) is 0.250. The van der Waals surface area contributed by atoms with E-state index in [1.165, 1.54) is 6.08 Å². The van der Waals surface area contributed by atoms with Gasteiger partial charge in [0.1, 0.15) is 6.61 Å². The Morgan fingerprint density at radius 2 is 2.42 bits per heavy atom.